The maximum atomic E-state index is 6.28. The van der Waals surface area contributed by atoms with Gasteiger partial charge in [0.25, 0.3) is 0 Å². The summed E-state index contributed by atoms with van der Waals surface area (Å²) in [5.74, 6) is 0.998. The maximum absolute atomic E-state index is 6.28. The Balaban J connectivity index is 1.97. The quantitative estimate of drug-likeness (QED) is 0.739. The molecule has 0 fully saturated rings. The minimum atomic E-state index is 0.708. The first-order valence-corrected chi connectivity index (χ1v) is 6.47. The number of pyridine rings is 1. The topological polar surface area (TPSA) is 60.0 Å². The molecule has 2 heterocycles. The largest absolute Gasteiger partial charge is 0.396 e. The molecule has 20 heavy (non-hydrogen) atoms. The van der Waals surface area contributed by atoms with E-state index < -0.39 is 0 Å². The third-order valence-electron chi connectivity index (χ3n) is 3.51. The molecular formula is C15H17N5. The second kappa shape index (κ2) is 4.85. The zero-order chi connectivity index (χ0) is 14.1. The Morgan fingerprint density at radius 2 is 2.05 bits per heavy atom. The molecule has 0 saturated carbocycles. The molecule has 0 unspecified atom stereocenters. The summed E-state index contributed by atoms with van der Waals surface area (Å²) in [6.07, 6.45) is 5.52. The Bertz CT molecular complexity index is 747. The van der Waals surface area contributed by atoms with E-state index in [1.54, 1.807) is 12.4 Å². The van der Waals surface area contributed by atoms with Gasteiger partial charge in [-0.25, -0.2) is 4.98 Å². The minimum Gasteiger partial charge on any atom is -0.396 e. The number of rotatable bonds is 3. The van der Waals surface area contributed by atoms with E-state index in [1.165, 1.54) is 0 Å². The molecule has 2 N–H and O–H groups in total. The Hall–Kier alpha value is -2.56. The van der Waals surface area contributed by atoms with Gasteiger partial charge in [0.05, 0.1) is 23.4 Å². The van der Waals surface area contributed by atoms with Crippen molar-refractivity contribution in [1.29, 1.82) is 0 Å². The average molecular weight is 267 g/mol. The normalized spacial score (nSPS) is 10.9. The summed E-state index contributed by atoms with van der Waals surface area (Å²) in [7, 11) is 4.01. The monoisotopic (exact) mass is 267 g/mol. The van der Waals surface area contributed by atoms with Crippen LogP contribution < -0.4 is 10.6 Å². The molecule has 3 rings (SSSR count). The van der Waals surface area contributed by atoms with Crippen molar-refractivity contribution in [2.45, 2.75) is 6.54 Å². The Labute approximate surface area is 117 Å². The van der Waals surface area contributed by atoms with Crippen LogP contribution >= 0.6 is 0 Å². The van der Waals surface area contributed by atoms with E-state index in [4.69, 9.17) is 5.73 Å². The number of benzene rings is 1. The number of aromatic nitrogens is 3. The molecule has 5 nitrogen and oxygen atoms in total. The summed E-state index contributed by atoms with van der Waals surface area (Å²) in [6.45, 7) is 0.708. The summed E-state index contributed by atoms with van der Waals surface area (Å²) in [5.41, 5.74) is 8.94. The van der Waals surface area contributed by atoms with E-state index in [1.807, 2.05) is 49.1 Å². The van der Waals surface area contributed by atoms with Crippen LogP contribution in [0.2, 0.25) is 0 Å². The van der Waals surface area contributed by atoms with Gasteiger partial charge < -0.3 is 15.2 Å². The van der Waals surface area contributed by atoms with Crippen molar-refractivity contribution in [3.63, 3.8) is 0 Å². The van der Waals surface area contributed by atoms with Crippen molar-refractivity contribution in [3.8, 4) is 0 Å². The van der Waals surface area contributed by atoms with E-state index in [-0.39, 0.29) is 0 Å². The summed E-state index contributed by atoms with van der Waals surface area (Å²) < 4.78 is 2.01. The van der Waals surface area contributed by atoms with Crippen LogP contribution in [0.15, 0.2) is 42.9 Å². The molecule has 0 saturated heterocycles. The van der Waals surface area contributed by atoms with Crippen molar-refractivity contribution in [3.05, 3.63) is 48.7 Å². The fraction of sp³-hybridized carbons (Fsp3) is 0.200. The lowest BCUT2D eigenvalue weighted by atomic mass is 10.1. The van der Waals surface area contributed by atoms with Crippen LogP contribution in [0.3, 0.4) is 0 Å². The molecular weight excluding hydrogens is 250 g/mol. The number of nitrogen functional groups attached to an aromatic ring is 1. The highest BCUT2D eigenvalue weighted by atomic mass is 15.2. The highest BCUT2D eigenvalue weighted by Crippen LogP contribution is 2.30. The van der Waals surface area contributed by atoms with Crippen molar-refractivity contribution in [2.75, 3.05) is 17.7 Å². The number of anilines is 2. The second-order valence-electron chi connectivity index (χ2n) is 4.88. The SMILES string of the molecule is CN(Cc1nccn1C)c1ccc2ncccc2c1N. The number of imidazole rings is 1. The molecule has 0 amide bonds. The molecule has 5 heteroatoms. The van der Waals surface area contributed by atoms with Gasteiger partial charge in [-0.1, -0.05) is 0 Å². The zero-order valence-electron chi connectivity index (χ0n) is 11.6. The molecule has 1 aromatic carbocycles. The predicted octanol–water partition coefficient (Wildman–Crippen LogP) is 2.19. The van der Waals surface area contributed by atoms with Crippen LogP contribution in [-0.2, 0) is 13.6 Å². The molecule has 0 aliphatic heterocycles. The Kier molecular flexibility index (Phi) is 3.02. The highest BCUT2D eigenvalue weighted by molar-refractivity contribution is 5.97. The second-order valence-corrected chi connectivity index (χ2v) is 4.88. The van der Waals surface area contributed by atoms with Crippen LogP contribution in [0, 0.1) is 0 Å². The molecule has 0 atom stereocenters. The Morgan fingerprint density at radius 3 is 2.80 bits per heavy atom. The Morgan fingerprint density at radius 1 is 1.20 bits per heavy atom. The third kappa shape index (κ3) is 2.07. The van der Waals surface area contributed by atoms with Crippen molar-refractivity contribution in [2.24, 2.45) is 7.05 Å². The zero-order valence-corrected chi connectivity index (χ0v) is 11.6. The van der Waals surface area contributed by atoms with E-state index in [0.29, 0.717) is 6.54 Å². The van der Waals surface area contributed by atoms with Crippen LogP contribution in [-0.4, -0.2) is 21.6 Å². The molecule has 2 aromatic heterocycles. The smallest absolute Gasteiger partial charge is 0.127 e. The van der Waals surface area contributed by atoms with Gasteiger partial charge >= 0.3 is 0 Å². The lowest BCUT2D eigenvalue weighted by Crippen LogP contribution is -2.20. The molecule has 0 aliphatic rings. The van der Waals surface area contributed by atoms with Gasteiger partial charge in [0, 0.05) is 38.1 Å². The highest BCUT2D eigenvalue weighted by Gasteiger charge is 2.11. The summed E-state index contributed by atoms with van der Waals surface area (Å²) in [6, 6.07) is 7.90. The molecule has 0 spiro atoms. The van der Waals surface area contributed by atoms with Crippen LogP contribution in [0.25, 0.3) is 10.9 Å². The van der Waals surface area contributed by atoms with E-state index >= 15 is 0 Å². The van der Waals surface area contributed by atoms with E-state index in [2.05, 4.69) is 14.9 Å². The van der Waals surface area contributed by atoms with Gasteiger partial charge in [0.1, 0.15) is 5.82 Å². The van der Waals surface area contributed by atoms with Gasteiger partial charge in [-0.15, -0.1) is 0 Å². The van der Waals surface area contributed by atoms with Gasteiger partial charge in [-0.3, -0.25) is 4.98 Å². The predicted molar refractivity (Wildman–Crippen MR) is 81.5 cm³/mol. The molecule has 0 bridgehead atoms. The van der Waals surface area contributed by atoms with Crippen molar-refractivity contribution >= 4 is 22.3 Å². The van der Waals surface area contributed by atoms with Crippen molar-refractivity contribution < 1.29 is 0 Å². The lowest BCUT2D eigenvalue weighted by Gasteiger charge is -2.21. The maximum Gasteiger partial charge on any atom is 0.127 e. The fourth-order valence-corrected chi connectivity index (χ4v) is 2.34. The third-order valence-corrected chi connectivity index (χ3v) is 3.51. The molecule has 0 aliphatic carbocycles. The van der Waals surface area contributed by atoms with Crippen LogP contribution in [0.4, 0.5) is 11.4 Å². The number of nitrogens with two attached hydrogens (primary N) is 1. The average Bonchev–Trinajstić information content (AvgIpc) is 2.85. The standard InChI is InChI=1S/C15H17N5/c1-19-9-8-18-14(19)10-20(2)13-6-5-12-11(15(13)16)4-3-7-17-12/h3-9H,10,16H2,1-2H3. The van der Waals surface area contributed by atoms with Gasteiger partial charge in [-0.05, 0) is 24.3 Å². The molecule has 3 aromatic rings. The lowest BCUT2D eigenvalue weighted by molar-refractivity contribution is 0.762. The summed E-state index contributed by atoms with van der Waals surface area (Å²) in [4.78, 5) is 10.8. The molecule has 0 radical (unpaired) electrons. The fourth-order valence-electron chi connectivity index (χ4n) is 2.34. The molecule has 102 valence electrons. The first-order valence-electron chi connectivity index (χ1n) is 6.47. The van der Waals surface area contributed by atoms with Crippen molar-refractivity contribution in [1.82, 2.24) is 14.5 Å². The van der Waals surface area contributed by atoms with E-state index in [0.717, 1.165) is 28.1 Å². The first kappa shape index (κ1) is 12.5. The van der Waals surface area contributed by atoms with Crippen LogP contribution in [0.1, 0.15) is 5.82 Å². The van der Waals surface area contributed by atoms with Gasteiger partial charge in [0.2, 0.25) is 0 Å². The van der Waals surface area contributed by atoms with Crippen LogP contribution in [0.5, 0.6) is 0 Å². The van der Waals surface area contributed by atoms with Gasteiger partial charge in [0.15, 0.2) is 0 Å². The number of nitrogens with zero attached hydrogens (tertiary/aromatic N) is 4. The number of aryl methyl sites for hydroxylation is 1. The summed E-state index contributed by atoms with van der Waals surface area (Å²) in [5, 5.41) is 0.983. The number of fused-ring (bicyclic) bond motifs is 1. The van der Waals surface area contributed by atoms with Gasteiger partial charge in [-0.2, -0.15) is 0 Å². The first-order chi connectivity index (χ1) is 9.66. The number of hydrogen-bond acceptors (Lipinski definition) is 4. The van der Waals surface area contributed by atoms with E-state index in [9.17, 15) is 0 Å². The minimum absolute atomic E-state index is 0.708. The number of hydrogen-bond donors (Lipinski definition) is 1. The summed E-state index contributed by atoms with van der Waals surface area (Å²) >= 11 is 0.